The third-order valence-corrected chi connectivity index (χ3v) is 7.87. The molecule has 10 nitrogen and oxygen atoms in total. The monoisotopic (exact) mass is 503 g/mol. The van der Waals surface area contributed by atoms with Crippen molar-refractivity contribution in [1.29, 1.82) is 0 Å². The molecular formula is C26H41N5O5. The van der Waals surface area contributed by atoms with Gasteiger partial charge in [0.2, 0.25) is 11.8 Å². The molecule has 0 aliphatic heterocycles. The van der Waals surface area contributed by atoms with Crippen molar-refractivity contribution in [2.45, 2.75) is 78.9 Å². The highest BCUT2D eigenvalue weighted by atomic mass is 16.5. The lowest BCUT2D eigenvalue weighted by molar-refractivity contribution is -0.126. The number of hydrogen-bond acceptors (Lipinski definition) is 5. The number of nitrogens with two attached hydrogens (primary N) is 1. The van der Waals surface area contributed by atoms with Crippen LogP contribution in [0.1, 0.15) is 77.1 Å². The van der Waals surface area contributed by atoms with Crippen LogP contribution >= 0.6 is 0 Å². The molecule has 4 rings (SSSR count). The lowest BCUT2D eigenvalue weighted by Crippen LogP contribution is -2.59. The third-order valence-electron chi connectivity index (χ3n) is 7.87. The zero-order valence-electron chi connectivity index (χ0n) is 22.2. The minimum absolute atomic E-state index is 0.0967. The van der Waals surface area contributed by atoms with Gasteiger partial charge in [-0.15, -0.1) is 0 Å². The number of rotatable bonds is 7. The van der Waals surface area contributed by atoms with Gasteiger partial charge in [0.25, 0.3) is 5.91 Å². The van der Waals surface area contributed by atoms with Crippen LogP contribution in [0.4, 0.5) is 4.79 Å². The highest BCUT2D eigenvalue weighted by Crippen LogP contribution is 2.66. The Morgan fingerprint density at radius 3 is 2.56 bits per heavy atom. The molecule has 1 spiro atoms. The zero-order chi connectivity index (χ0) is 26.8. The molecule has 3 fully saturated rings. The molecule has 1 aromatic rings. The van der Waals surface area contributed by atoms with Crippen molar-refractivity contribution >= 4 is 24.1 Å². The lowest BCUT2D eigenvalue weighted by Gasteiger charge is -2.55. The maximum atomic E-state index is 13.3. The molecule has 5 N–H and O–H groups in total. The highest BCUT2D eigenvalue weighted by molar-refractivity contribution is 5.96. The molecule has 10 heteroatoms. The van der Waals surface area contributed by atoms with Crippen LogP contribution in [0.5, 0.6) is 5.88 Å². The fourth-order valence-electron chi connectivity index (χ4n) is 6.46. The number of amides is 3. The number of aromatic nitrogens is 2. The van der Waals surface area contributed by atoms with Gasteiger partial charge in [0, 0.05) is 19.3 Å². The Balaban J connectivity index is 0.000000840. The van der Waals surface area contributed by atoms with Crippen LogP contribution in [0, 0.1) is 28.6 Å². The predicted octanol–water partition coefficient (Wildman–Crippen LogP) is 3.48. The fraction of sp³-hybridized carbons (Fsp3) is 0.692. The van der Waals surface area contributed by atoms with E-state index in [1.807, 2.05) is 27.7 Å². The standard InChI is InChI=1S/C25H38N4O3.CH3NO2/c1-15(2)32-22-19(14-27-29(22)8-7-24(4,5)23(31)26-6)21(30)28-20-11-18-10-17-9-16(3)12-25(18,20)13-17;2-1(3)4/h7-8,14-18,20H,9-13H2,1-6H3,(H,26,31)(H,28,30);2H2,(H,3,4)/b8-7+;. The van der Waals surface area contributed by atoms with Gasteiger partial charge in [-0.3, -0.25) is 9.59 Å². The summed E-state index contributed by atoms with van der Waals surface area (Å²) in [6.07, 6.45) is 9.85. The Morgan fingerprint density at radius 2 is 1.94 bits per heavy atom. The summed E-state index contributed by atoms with van der Waals surface area (Å²) < 4.78 is 7.55. The number of carboxylic acid groups (broad SMARTS) is 1. The average molecular weight is 504 g/mol. The molecule has 5 atom stereocenters. The van der Waals surface area contributed by atoms with Gasteiger partial charge in [-0.05, 0) is 83.0 Å². The Bertz CT molecular complexity index is 1010. The van der Waals surface area contributed by atoms with E-state index in [2.05, 4.69) is 28.4 Å². The molecule has 5 unspecified atom stereocenters. The Labute approximate surface area is 213 Å². The first kappa shape index (κ1) is 27.5. The van der Waals surface area contributed by atoms with Crippen molar-refractivity contribution in [3.05, 3.63) is 17.8 Å². The van der Waals surface area contributed by atoms with E-state index in [-0.39, 0.29) is 24.0 Å². The number of nitrogens with zero attached hydrogens (tertiary/aromatic N) is 2. The van der Waals surface area contributed by atoms with E-state index in [0.29, 0.717) is 16.9 Å². The minimum atomic E-state index is -1.33. The van der Waals surface area contributed by atoms with E-state index in [4.69, 9.17) is 14.6 Å². The van der Waals surface area contributed by atoms with Gasteiger partial charge in [0.15, 0.2) is 0 Å². The number of carbonyl (C=O) groups excluding carboxylic acids is 2. The predicted molar refractivity (Wildman–Crippen MR) is 136 cm³/mol. The van der Waals surface area contributed by atoms with Crippen LogP contribution in [-0.2, 0) is 4.79 Å². The van der Waals surface area contributed by atoms with Gasteiger partial charge < -0.3 is 26.2 Å². The van der Waals surface area contributed by atoms with E-state index < -0.39 is 11.5 Å². The maximum Gasteiger partial charge on any atom is 0.402 e. The molecule has 3 saturated carbocycles. The van der Waals surface area contributed by atoms with Gasteiger partial charge in [-0.2, -0.15) is 5.10 Å². The average Bonchev–Trinajstić information content (AvgIpc) is 3.25. The smallest absolute Gasteiger partial charge is 0.402 e. The van der Waals surface area contributed by atoms with E-state index in [0.717, 1.165) is 24.2 Å². The molecule has 0 aromatic carbocycles. The first-order chi connectivity index (χ1) is 16.8. The van der Waals surface area contributed by atoms with Gasteiger partial charge in [0.1, 0.15) is 5.56 Å². The number of carbonyl (C=O) groups is 3. The molecule has 3 amide bonds. The number of primary amides is 1. The molecular weight excluding hydrogens is 462 g/mol. The Hall–Kier alpha value is -3.04. The number of hydrogen-bond donors (Lipinski definition) is 4. The van der Waals surface area contributed by atoms with E-state index in [9.17, 15) is 9.59 Å². The zero-order valence-corrected chi connectivity index (χ0v) is 22.2. The van der Waals surface area contributed by atoms with Gasteiger partial charge in [-0.25, -0.2) is 9.48 Å². The van der Waals surface area contributed by atoms with Crippen molar-refractivity contribution < 1.29 is 24.2 Å². The van der Waals surface area contributed by atoms with E-state index in [1.54, 1.807) is 30.2 Å². The summed E-state index contributed by atoms with van der Waals surface area (Å²) in [5.74, 6) is 2.55. The second-order valence-electron chi connectivity index (χ2n) is 11.5. The minimum Gasteiger partial charge on any atom is -0.474 e. The van der Waals surface area contributed by atoms with Crippen molar-refractivity contribution in [3.8, 4) is 5.88 Å². The molecule has 0 radical (unpaired) electrons. The molecule has 3 aliphatic rings. The van der Waals surface area contributed by atoms with Crippen LogP contribution < -0.4 is 21.1 Å². The summed E-state index contributed by atoms with van der Waals surface area (Å²) in [5.41, 5.74) is 4.05. The molecule has 0 saturated heterocycles. The summed E-state index contributed by atoms with van der Waals surface area (Å²) >= 11 is 0. The first-order valence-corrected chi connectivity index (χ1v) is 12.7. The Morgan fingerprint density at radius 1 is 1.28 bits per heavy atom. The van der Waals surface area contributed by atoms with Crippen molar-refractivity contribution in [1.82, 2.24) is 20.4 Å². The van der Waals surface area contributed by atoms with Gasteiger partial charge in [0.05, 0.1) is 17.7 Å². The third kappa shape index (κ3) is 5.68. The number of ether oxygens (including phenoxy) is 1. The normalized spacial score (nSPS) is 28.5. The molecule has 1 aromatic heterocycles. The van der Waals surface area contributed by atoms with Crippen LogP contribution in [0.25, 0.3) is 6.20 Å². The van der Waals surface area contributed by atoms with Crippen LogP contribution in [0.15, 0.2) is 12.3 Å². The molecule has 200 valence electrons. The summed E-state index contributed by atoms with van der Waals surface area (Å²) in [6.45, 7) is 9.87. The van der Waals surface area contributed by atoms with Crippen molar-refractivity contribution in [2.75, 3.05) is 7.05 Å². The molecule has 2 bridgehead atoms. The second-order valence-corrected chi connectivity index (χ2v) is 11.5. The summed E-state index contributed by atoms with van der Waals surface area (Å²) in [4.78, 5) is 34.2. The summed E-state index contributed by atoms with van der Waals surface area (Å²) in [7, 11) is 1.62. The maximum absolute atomic E-state index is 13.3. The molecule has 36 heavy (non-hydrogen) atoms. The van der Waals surface area contributed by atoms with E-state index >= 15 is 0 Å². The highest BCUT2D eigenvalue weighted by Gasteiger charge is 2.62. The Kier molecular flexibility index (Phi) is 8.05. The molecule has 1 heterocycles. The van der Waals surface area contributed by atoms with Crippen molar-refractivity contribution in [2.24, 2.45) is 34.3 Å². The molecule has 3 aliphatic carbocycles. The van der Waals surface area contributed by atoms with Gasteiger partial charge in [-0.1, -0.05) is 13.0 Å². The van der Waals surface area contributed by atoms with E-state index in [1.165, 1.54) is 25.7 Å². The van der Waals surface area contributed by atoms with Crippen LogP contribution in [0.2, 0.25) is 0 Å². The quantitative estimate of drug-likeness (QED) is 0.448. The second kappa shape index (κ2) is 10.5. The topological polar surface area (TPSA) is 149 Å². The van der Waals surface area contributed by atoms with Gasteiger partial charge >= 0.3 is 6.09 Å². The number of nitrogens with one attached hydrogen (secondary N) is 2. The lowest BCUT2D eigenvalue weighted by atomic mass is 9.54. The van der Waals surface area contributed by atoms with Crippen molar-refractivity contribution in [3.63, 3.8) is 0 Å². The SMILES string of the molecule is CNC(=O)C(C)(C)/C=C/n1ncc(C(=O)NC2CC3CC4CC(C)CC32C4)c1OC(C)C.NC(=O)O. The van der Waals surface area contributed by atoms with Crippen LogP contribution in [0.3, 0.4) is 0 Å². The summed E-state index contributed by atoms with van der Waals surface area (Å²) in [5, 5.41) is 17.6. The summed E-state index contributed by atoms with van der Waals surface area (Å²) in [6, 6.07) is 0.241. The fourth-order valence-corrected chi connectivity index (χ4v) is 6.46. The van der Waals surface area contributed by atoms with Crippen LogP contribution in [-0.4, -0.2) is 52.0 Å². The first-order valence-electron chi connectivity index (χ1n) is 12.7. The number of fused-ring (bicyclic) bond motifs is 1. The largest absolute Gasteiger partial charge is 0.474 e.